The van der Waals surface area contributed by atoms with Gasteiger partial charge in [-0.15, -0.1) is 0 Å². The predicted molar refractivity (Wildman–Crippen MR) is 74.5 cm³/mol. The highest BCUT2D eigenvalue weighted by atomic mass is 32.2. The largest absolute Gasteiger partial charge is 0.396 e. The van der Waals surface area contributed by atoms with Gasteiger partial charge in [0.05, 0.1) is 13.2 Å². The molecule has 0 amide bonds. The quantitative estimate of drug-likeness (QED) is 0.652. The van der Waals surface area contributed by atoms with Gasteiger partial charge in [0.2, 0.25) is 0 Å². The Morgan fingerprint density at radius 2 is 1.76 bits per heavy atom. The van der Waals surface area contributed by atoms with Crippen molar-refractivity contribution < 1.29 is 10.2 Å². The highest BCUT2D eigenvalue weighted by Gasteiger charge is 2.31. The summed E-state index contributed by atoms with van der Waals surface area (Å²) in [4.78, 5) is 0. The lowest BCUT2D eigenvalue weighted by Crippen LogP contribution is -2.45. The molecule has 1 aliphatic carbocycles. The molecule has 0 spiro atoms. The van der Waals surface area contributed by atoms with Crippen molar-refractivity contribution in [3.63, 3.8) is 0 Å². The third-order valence-corrected chi connectivity index (χ3v) is 5.38. The van der Waals surface area contributed by atoms with Crippen molar-refractivity contribution in [2.45, 2.75) is 43.8 Å². The molecule has 0 radical (unpaired) electrons. The highest BCUT2D eigenvalue weighted by molar-refractivity contribution is 8.00. The third kappa shape index (κ3) is 4.43. The molecule has 0 aromatic carbocycles. The molecule has 1 aliphatic rings. The molecule has 4 heteroatoms. The summed E-state index contributed by atoms with van der Waals surface area (Å²) in [6.07, 6.45) is 8.81. The van der Waals surface area contributed by atoms with Gasteiger partial charge in [0.1, 0.15) is 0 Å². The van der Waals surface area contributed by atoms with Crippen molar-refractivity contribution in [2.75, 3.05) is 32.6 Å². The monoisotopic (exact) mass is 261 g/mol. The smallest absolute Gasteiger partial charge is 0.0518 e. The van der Waals surface area contributed by atoms with E-state index in [1.165, 1.54) is 32.1 Å². The molecule has 0 atom stereocenters. The molecule has 1 saturated carbocycles. The molecule has 0 aliphatic heterocycles. The third-order valence-electron chi connectivity index (χ3n) is 3.96. The van der Waals surface area contributed by atoms with E-state index in [9.17, 15) is 10.2 Å². The Labute approximate surface area is 109 Å². The number of aliphatic hydroxyl groups excluding tert-OH is 2. The van der Waals surface area contributed by atoms with Gasteiger partial charge in [-0.2, -0.15) is 11.8 Å². The Bertz CT molecular complexity index is 213. The molecule has 1 rings (SSSR count). The van der Waals surface area contributed by atoms with E-state index in [-0.39, 0.29) is 13.2 Å². The van der Waals surface area contributed by atoms with Crippen LogP contribution in [-0.2, 0) is 0 Å². The first-order chi connectivity index (χ1) is 8.10. The van der Waals surface area contributed by atoms with Crippen LogP contribution in [0, 0.1) is 5.41 Å². The molecule has 0 unspecified atom stereocenters. The number of aliphatic hydroxyl groups is 2. The van der Waals surface area contributed by atoms with Gasteiger partial charge < -0.3 is 15.5 Å². The number of rotatable bonds is 7. The van der Waals surface area contributed by atoms with Crippen LogP contribution in [0.5, 0.6) is 0 Å². The van der Waals surface area contributed by atoms with Gasteiger partial charge >= 0.3 is 0 Å². The summed E-state index contributed by atoms with van der Waals surface area (Å²) < 4.78 is 0.379. The molecule has 102 valence electrons. The lowest BCUT2D eigenvalue weighted by molar-refractivity contribution is 0.0690. The van der Waals surface area contributed by atoms with Crippen molar-refractivity contribution in [1.82, 2.24) is 5.32 Å². The average Bonchev–Trinajstić information content (AvgIpc) is 2.39. The molecule has 3 N–H and O–H groups in total. The second-order valence-electron chi connectivity index (χ2n) is 5.68. The lowest BCUT2D eigenvalue weighted by Gasteiger charge is -2.37. The minimum absolute atomic E-state index is 0.0305. The molecule has 0 heterocycles. The Hall–Kier alpha value is 0.230. The molecule has 0 aromatic rings. The van der Waals surface area contributed by atoms with Crippen LogP contribution >= 0.6 is 11.8 Å². The van der Waals surface area contributed by atoms with Crippen LogP contribution in [0.4, 0.5) is 0 Å². The normalized spacial score (nSPS) is 20.5. The van der Waals surface area contributed by atoms with Crippen molar-refractivity contribution in [3.8, 4) is 0 Å². The van der Waals surface area contributed by atoms with Crippen molar-refractivity contribution in [1.29, 1.82) is 0 Å². The van der Waals surface area contributed by atoms with Crippen molar-refractivity contribution in [2.24, 2.45) is 5.41 Å². The van der Waals surface area contributed by atoms with Crippen LogP contribution in [0.2, 0.25) is 0 Å². The number of hydrogen-bond donors (Lipinski definition) is 3. The van der Waals surface area contributed by atoms with Crippen LogP contribution in [0.15, 0.2) is 0 Å². The minimum atomic E-state index is -0.395. The van der Waals surface area contributed by atoms with Gasteiger partial charge in [-0.25, -0.2) is 0 Å². The van der Waals surface area contributed by atoms with Crippen molar-refractivity contribution in [3.05, 3.63) is 0 Å². The van der Waals surface area contributed by atoms with E-state index in [1.54, 1.807) is 0 Å². The molecule has 0 bridgehead atoms. The maximum atomic E-state index is 9.24. The van der Waals surface area contributed by atoms with Gasteiger partial charge in [-0.05, 0) is 19.1 Å². The molecular weight excluding hydrogens is 234 g/mol. The second-order valence-corrected chi connectivity index (χ2v) is 6.95. The fraction of sp³-hybridized carbons (Fsp3) is 1.00. The maximum absolute atomic E-state index is 9.24. The Kier molecular flexibility index (Phi) is 6.27. The van der Waals surface area contributed by atoms with Gasteiger partial charge in [0.15, 0.2) is 0 Å². The fourth-order valence-electron chi connectivity index (χ4n) is 2.40. The SMILES string of the molecule is CSC1(CNCC(C)(CO)CO)CCCCC1. The summed E-state index contributed by atoms with van der Waals surface area (Å²) in [5.74, 6) is 0. The molecule has 3 nitrogen and oxygen atoms in total. The number of nitrogens with one attached hydrogen (secondary N) is 1. The second kappa shape index (κ2) is 6.98. The zero-order valence-electron chi connectivity index (χ0n) is 11.2. The Morgan fingerprint density at radius 1 is 1.18 bits per heavy atom. The van der Waals surface area contributed by atoms with E-state index in [1.807, 2.05) is 18.7 Å². The topological polar surface area (TPSA) is 52.5 Å². The van der Waals surface area contributed by atoms with E-state index in [4.69, 9.17) is 0 Å². The molecular formula is C13H27NO2S. The molecule has 0 saturated heterocycles. The lowest BCUT2D eigenvalue weighted by atomic mass is 9.87. The summed E-state index contributed by atoms with van der Waals surface area (Å²) in [5, 5.41) is 21.9. The van der Waals surface area contributed by atoms with Crippen molar-refractivity contribution >= 4 is 11.8 Å². The standard InChI is InChI=1S/C13H27NO2S/c1-12(10-15,11-16)8-14-9-13(17-2)6-4-3-5-7-13/h14-16H,3-11H2,1-2H3. The summed E-state index contributed by atoms with van der Waals surface area (Å²) in [6.45, 7) is 3.64. The Morgan fingerprint density at radius 3 is 2.24 bits per heavy atom. The van der Waals surface area contributed by atoms with Crippen LogP contribution in [-0.4, -0.2) is 47.5 Å². The average molecular weight is 261 g/mol. The fourth-order valence-corrected chi connectivity index (χ4v) is 3.35. The van der Waals surface area contributed by atoms with Gasteiger partial charge in [-0.3, -0.25) is 0 Å². The van der Waals surface area contributed by atoms with Gasteiger partial charge in [-0.1, -0.05) is 26.2 Å². The van der Waals surface area contributed by atoms with Gasteiger partial charge in [0.25, 0.3) is 0 Å². The molecule has 1 fully saturated rings. The van der Waals surface area contributed by atoms with Crippen LogP contribution in [0.3, 0.4) is 0 Å². The zero-order chi connectivity index (χ0) is 12.8. The first-order valence-electron chi connectivity index (χ1n) is 6.57. The van der Waals surface area contributed by atoms with E-state index < -0.39 is 5.41 Å². The predicted octanol–water partition coefficient (Wildman–Crippen LogP) is 1.63. The number of thioether (sulfide) groups is 1. The van der Waals surface area contributed by atoms with Crippen LogP contribution in [0.25, 0.3) is 0 Å². The summed E-state index contributed by atoms with van der Waals surface area (Å²) in [5.41, 5.74) is -0.395. The molecule has 0 aromatic heterocycles. The summed E-state index contributed by atoms with van der Waals surface area (Å²) >= 11 is 1.97. The zero-order valence-corrected chi connectivity index (χ0v) is 12.0. The molecule has 17 heavy (non-hydrogen) atoms. The first-order valence-corrected chi connectivity index (χ1v) is 7.80. The van der Waals surface area contributed by atoms with E-state index >= 15 is 0 Å². The van der Waals surface area contributed by atoms with Crippen LogP contribution in [0.1, 0.15) is 39.0 Å². The minimum Gasteiger partial charge on any atom is -0.396 e. The van der Waals surface area contributed by atoms with E-state index in [0.29, 0.717) is 11.3 Å². The van der Waals surface area contributed by atoms with Gasteiger partial charge in [0, 0.05) is 23.3 Å². The van der Waals surface area contributed by atoms with E-state index in [2.05, 4.69) is 11.6 Å². The highest BCUT2D eigenvalue weighted by Crippen LogP contribution is 2.38. The van der Waals surface area contributed by atoms with E-state index in [0.717, 1.165) is 6.54 Å². The van der Waals surface area contributed by atoms with Crippen LogP contribution < -0.4 is 5.32 Å². The maximum Gasteiger partial charge on any atom is 0.0518 e. The summed E-state index contributed by atoms with van der Waals surface area (Å²) in [7, 11) is 0. The summed E-state index contributed by atoms with van der Waals surface area (Å²) in [6, 6.07) is 0. The first kappa shape index (κ1) is 15.3. The Balaban J connectivity index is 2.37. The number of hydrogen-bond acceptors (Lipinski definition) is 4.